The number of hydrogen-bond donors (Lipinski definition) is 1. The Morgan fingerprint density at radius 2 is 1.55 bits per heavy atom. The molecule has 0 bridgehead atoms. The maximum Gasteiger partial charge on any atom is 0.127 e. The van der Waals surface area contributed by atoms with E-state index in [0.717, 1.165) is 11.5 Å². The van der Waals surface area contributed by atoms with Gasteiger partial charge < -0.3 is 10.5 Å². The largest absolute Gasteiger partial charge is 0.457 e. The van der Waals surface area contributed by atoms with Crippen LogP contribution in [0, 0.1) is 0 Å². The van der Waals surface area contributed by atoms with Gasteiger partial charge in [0, 0.05) is 11.4 Å². The van der Waals surface area contributed by atoms with Crippen molar-refractivity contribution in [2.75, 3.05) is 0 Å². The first-order valence-corrected chi connectivity index (χ1v) is 7.34. The highest BCUT2D eigenvalue weighted by molar-refractivity contribution is 7.10. The molecule has 20 heavy (non-hydrogen) atoms. The van der Waals surface area contributed by atoms with Crippen LogP contribution in [0.1, 0.15) is 4.88 Å². The molecule has 0 fully saturated rings. The van der Waals surface area contributed by atoms with E-state index >= 15 is 0 Å². The summed E-state index contributed by atoms with van der Waals surface area (Å²) in [6.45, 7) is 0.597. The van der Waals surface area contributed by atoms with E-state index in [1.165, 1.54) is 16.0 Å². The Hall–Kier alpha value is -2.10. The normalized spacial score (nSPS) is 10.4. The van der Waals surface area contributed by atoms with E-state index in [9.17, 15) is 0 Å². The lowest BCUT2D eigenvalue weighted by molar-refractivity contribution is 0.483. The van der Waals surface area contributed by atoms with Crippen molar-refractivity contribution in [2.24, 2.45) is 5.73 Å². The Kier molecular flexibility index (Phi) is 3.81. The van der Waals surface area contributed by atoms with Crippen molar-refractivity contribution in [3.05, 3.63) is 70.9 Å². The number of hydrogen-bond acceptors (Lipinski definition) is 3. The topological polar surface area (TPSA) is 35.2 Å². The molecule has 3 aromatic rings. The molecule has 2 nitrogen and oxygen atoms in total. The summed E-state index contributed by atoms with van der Waals surface area (Å²) in [5.41, 5.74) is 8.03. The molecule has 0 aliphatic rings. The monoisotopic (exact) mass is 281 g/mol. The van der Waals surface area contributed by atoms with Crippen LogP contribution in [0.25, 0.3) is 11.1 Å². The number of nitrogens with two attached hydrogens (primary N) is 1. The van der Waals surface area contributed by atoms with E-state index in [4.69, 9.17) is 10.5 Å². The molecule has 0 radical (unpaired) electrons. The van der Waals surface area contributed by atoms with Gasteiger partial charge in [0.1, 0.15) is 11.5 Å². The third kappa shape index (κ3) is 2.90. The van der Waals surface area contributed by atoms with Gasteiger partial charge in [0.25, 0.3) is 0 Å². The fraction of sp³-hybridized carbons (Fsp3) is 0.0588. The number of rotatable bonds is 4. The van der Waals surface area contributed by atoms with E-state index in [1.54, 1.807) is 11.3 Å². The second-order valence-electron chi connectivity index (χ2n) is 4.45. The molecule has 0 amide bonds. The Labute approximate surface area is 122 Å². The van der Waals surface area contributed by atoms with Crippen LogP contribution in [0.2, 0.25) is 0 Å². The summed E-state index contributed by atoms with van der Waals surface area (Å²) in [4.78, 5) is 1.20. The molecule has 0 aliphatic carbocycles. The minimum absolute atomic E-state index is 0.597. The van der Waals surface area contributed by atoms with Crippen molar-refractivity contribution in [2.45, 2.75) is 6.54 Å². The minimum Gasteiger partial charge on any atom is -0.457 e. The molecule has 0 saturated carbocycles. The Morgan fingerprint density at radius 3 is 2.20 bits per heavy atom. The molecule has 3 heteroatoms. The third-order valence-corrected chi connectivity index (χ3v) is 3.98. The summed E-state index contributed by atoms with van der Waals surface area (Å²) in [5, 5.41) is 2.13. The fourth-order valence-electron chi connectivity index (χ4n) is 1.98. The van der Waals surface area contributed by atoms with Crippen molar-refractivity contribution in [1.29, 1.82) is 0 Å². The lowest BCUT2D eigenvalue weighted by Crippen LogP contribution is -1.91. The highest BCUT2D eigenvalue weighted by Gasteiger charge is 2.02. The summed E-state index contributed by atoms with van der Waals surface area (Å²) >= 11 is 1.69. The molecule has 0 atom stereocenters. The molecular formula is C17H15NOS. The Morgan fingerprint density at radius 1 is 0.850 bits per heavy atom. The summed E-state index contributed by atoms with van der Waals surface area (Å²) in [6, 6.07) is 20.0. The molecule has 0 spiro atoms. The quantitative estimate of drug-likeness (QED) is 0.754. The number of para-hydroxylation sites is 1. The first-order valence-electron chi connectivity index (χ1n) is 6.46. The molecule has 1 heterocycles. The zero-order valence-corrected chi connectivity index (χ0v) is 11.8. The smallest absolute Gasteiger partial charge is 0.127 e. The van der Waals surface area contributed by atoms with E-state index in [0.29, 0.717) is 6.54 Å². The van der Waals surface area contributed by atoms with Crippen LogP contribution in [0.4, 0.5) is 0 Å². The molecule has 1 aromatic heterocycles. The fourth-order valence-corrected chi connectivity index (χ4v) is 2.75. The molecular weight excluding hydrogens is 266 g/mol. The van der Waals surface area contributed by atoms with Crippen molar-refractivity contribution in [1.82, 2.24) is 0 Å². The van der Waals surface area contributed by atoms with Crippen molar-refractivity contribution in [3.8, 4) is 22.6 Å². The lowest BCUT2D eigenvalue weighted by atomic mass is 10.1. The van der Waals surface area contributed by atoms with Gasteiger partial charge >= 0.3 is 0 Å². The van der Waals surface area contributed by atoms with E-state index in [2.05, 4.69) is 23.6 Å². The van der Waals surface area contributed by atoms with Gasteiger partial charge in [-0.05, 0) is 46.8 Å². The maximum atomic E-state index is 5.78. The molecule has 0 aliphatic heterocycles. The van der Waals surface area contributed by atoms with Gasteiger partial charge in [-0.1, -0.05) is 30.3 Å². The number of thiophene rings is 1. The number of ether oxygens (including phenoxy) is 1. The van der Waals surface area contributed by atoms with Crippen LogP contribution in [0.15, 0.2) is 66.0 Å². The first kappa shape index (κ1) is 12.9. The van der Waals surface area contributed by atoms with Crippen molar-refractivity contribution >= 4 is 11.3 Å². The second-order valence-corrected chi connectivity index (χ2v) is 5.44. The molecule has 0 saturated heterocycles. The van der Waals surface area contributed by atoms with Gasteiger partial charge in [0.2, 0.25) is 0 Å². The number of benzene rings is 2. The molecule has 2 N–H and O–H groups in total. The average molecular weight is 281 g/mol. The highest BCUT2D eigenvalue weighted by Crippen LogP contribution is 2.28. The maximum absolute atomic E-state index is 5.78. The lowest BCUT2D eigenvalue weighted by Gasteiger charge is -2.06. The summed E-state index contributed by atoms with van der Waals surface area (Å²) in [6.07, 6.45) is 0. The van der Waals surface area contributed by atoms with Gasteiger partial charge in [-0.2, -0.15) is 0 Å². The van der Waals surface area contributed by atoms with E-state index < -0.39 is 0 Å². The standard InChI is InChI=1S/C17H15NOS/c18-11-17-10-14(12-20-17)13-6-8-16(9-7-13)19-15-4-2-1-3-5-15/h1-10,12H,11,18H2. The zero-order valence-electron chi connectivity index (χ0n) is 11.0. The van der Waals surface area contributed by atoms with Gasteiger partial charge in [0.15, 0.2) is 0 Å². The van der Waals surface area contributed by atoms with E-state index in [-0.39, 0.29) is 0 Å². The Balaban J connectivity index is 1.77. The SMILES string of the molecule is NCc1cc(-c2ccc(Oc3ccccc3)cc2)cs1. The highest BCUT2D eigenvalue weighted by atomic mass is 32.1. The molecule has 100 valence electrons. The van der Waals surface area contributed by atoms with Gasteiger partial charge in [-0.25, -0.2) is 0 Å². The summed E-state index contributed by atoms with van der Waals surface area (Å²) in [5.74, 6) is 1.69. The predicted octanol–water partition coefficient (Wildman–Crippen LogP) is 4.67. The van der Waals surface area contributed by atoms with Crippen LogP contribution >= 0.6 is 11.3 Å². The van der Waals surface area contributed by atoms with Crippen molar-refractivity contribution < 1.29 is 4.74 Å². The Bertz CT molecular complexity index is 674. The third-order valence-electron chi connectivity index (χ3n) is 3.02. The summed E-state index contributed by atoms with van der Waals surface area (Å²) in [7, 11) is 0. The average Bonchev–Trinajstić information content (AvgIpc) is 2.98. The van der Waals surface area contributed by atoms with Crippen LogP contribution < -0.4 is 10.5 Å². The zero-order chi connectivity index (χ0) is 13.8. The van der Waals surface area contributed by atoms with Crippen LogP contribution in [-0.2, 0) is 6.54 Å². The van der Waals surface area contributed by atoms with E-state index in [1.807, 2.05) is 42.5 Å². The summed E-state index contributed by atoms with van der Waals surface area (Å²) < 4.78 is 5.78. The van der Waals surface area contributed by atoms with Crippen LogP contribution in [0.3, 0.4) is 0 Å². The van der Waals surface area contributed by atoms with Gasteiger partial charge in [0.05, 0.1) is 0 Å². The van der Waals surface area contributed by atoms with Crippen molar-refractivity contribution in [3.63, 3.8) is 0 Å². The van der Waals surface area contributed by atoms with Crippen LogP contribution in [-0.4, -0.2) is 0 Å². The molecule has 2 aromatic carbocycles. The van der Waals surface area contributed by atoms with Gasteiger partial charge in [-0.15, -0.1) is 11.3 Å². The molecule has 3 rings (SSSR count). The van der Waals surface area contributed by atoms with Gasteiger partial charge in [-0.3, -0.25) is 0 Å². The van der Waals surface area contributed by atoms with Crippen LogP contribution in [0.5, 0.6) is 11.5 Å². The first-order chi connectivity index (χ1) is 9.85. The second kappa shape index (κ2) is 5.90. The minimum atomic E-state index is 0.597. The predicted molar refractivity (Wildman–Crippen MR) is 84.2 cm³/mol. The molecule has 0 unspecified atom stereocenters.